The van der Waals surface area contributed by atoms with Crippen LogP contribution >= 0.6 is 23.4 Å². The Labute approximate surface area is 197 Å². The van der Waals surface area contributed by atoms with E-state index in [0.717, 1.165) is 40.3 Å². The van der Waals surface area contributed by atoms with E-state index in [9.17, 15) is 4.79 Å². The molecule has 0 bridgehead atoms. The molecule has 1 aliphatic heterocycles. The van der Waals surface area contributed by atoms with Gasteiger partial charge in [0.25, 0.3) is 0 Å². The van der Waals surface area contributed by atoms with Gasteiger partial charge in [0.2, 0.25) is 11.1 Å². The minimum Gasteiger partial charge on any atom is -0.328 e. The Morgan fingerprint density at radius 2 is 1.94 bits per heavy atom. The number of rotatable bonds is 5. The van der Waals surface area contributed by atoms with Crippen LogP contribution in [-0.4, -0.2) is 20.5 Å². The summed E-state index contributed by atoms with van der Waals surface area (Å²) in [6, 6.07) is 16.1. The van der Waals surface area contributed by atoms with Gasteiger partial charge >= 0.3 is 0 Å². The molecule has 0 amide bonds. The number of benzene rings is 2. The molecule has 1 unspecified atom stereocenters. The van der Waals surface area contributed by atoms with Crippen molar-refractivity contribution in [3.8, 4) is 0 Å². The third kappa shape index (κ3) is 3.97. The Bertz CT molecular complexity index is 1200. The van der Waals surface area contributed by atoms with E-state index in [-0.39, 0.29) is 11.8 Å². The van der Waals surface area contributed by atoms with Gasteiger partial charge in [0, 0.05) is 28.5 Å². The van der Waals surface area contributed by atoms with Gasteiger partial charge < -0.3 is 5.32 Å². The number of nitrogens with one attached hydrogen (secondary N) is 1. The number of nitrogens with zero attached hydrogens (tertiary/aromatic N) is 3. The number of carbonyl (C=O) groups excluding carboxylic acids is 1. The number of hydrogen-bond donors (Lipinski definition) is 1. The number of ketones is 1. The summed E-state index contributed by atoms with van der Waals surface area (Å²) in [7, 11) is 0. The minimum atomic E-state index is -0.252. The Morgan fingerprint density at radius 3 is 2.69 bits per heavy atom. The summed E-state index contributed by atoms with van der Waals surface area (Å²) in [5.41, 5.74) is 5.21. The molecule has 0 saturated carbocycles. The third-order valence-corrected chi connectivity index (χ3v) is 7.34. The van der Waals surface area contributed by atoms with Crippen molar-refractivity contribution >= 4 is 35.1 Å². The molecule has 7 heteroatoms. The van der Waals surface area contributed by atoms with Gasteiger partial charge in [-0.25, -0.2) is 4.68 Å². The molecule has 3 aromatic rings. The van der Waals surface area contributed by atoms with Gasteiger partial charge in [-0.2, -0.15) is 4.98 Å². The maximum atomic E-state index is 13.0. The summed E-state index contributed by atoms with van der Waals surface area (Å²) in [5, 5.41) is 9.62. The molecule has 1 atom stereocenters. The van der Waals surface area contributed by atoms with E-state index in [4.69, 9.17) is 21.7 Å². The molecule has 0 spiro atoms. The van der Waals surface area contributed by atoms with E-state index in [2.05, 4.69) is 43.4 Å². The van der Waals surface area contributed by atoms with E-state index in [0.29, 0.717) is 29.2 Å². The first kappa shape index (κ1) is 21.3. The van der Waals surface area contributed by atoms with Gasteiger partial charge in [0.15, 0.2) is 5.78 Å². The normalized spacial score (nSPS) is 17.9. The minimum absolute atomic E-state index is 0.197. The highest BCUT2D eigenvalue weighted by atomic mass is 35.5. The summed E-state index contributed by atoms with van der Waals surface area (Å²) in [6.45, 7) is 4.37. The average molecular weight is 465 g/mol. The van der Waals surface area contributed by atoms with Gasteiger partial charge in [-0.1, -0.05) is 79.7 Å². The molecule has 5 rings (SSSR count). The topological polar surface area (TPSA) is 59.8 Å². The molecule has 1 N–H and O–H groups in total. The first-order valence-electron chi connectivity index (χ1n) is 11.0. The molecule has 0 fully saturated rings. The van der Waals surface area contributed by atoms with E-state index >= 15 is 0 Å². The number of thioether (sulfide) groups is 1. The monoisotopic (exact) mass is 464 g/mol. The molecule has 164 valence electrons. The molecule has 2 aromatic carbocycles. The highest BCUT2D eigenvalue weighted by molar-refractivity contribution is 7.98. The van der Waals surface area contributed by atoms with Gasteiger partial charge in [-0.05, 0) is 41.5 Å². The second kappa shape index (κ2) is 8.75. The number of allylic oxidation sites excluding steroid dienone is 2. The van der Waals surface area contributed by atoms with Gasteiger partial charge in [-0.15, -0.1) is 5.10 Å². The zero-order valence-corrected chi connectivity index (χ0v) is 19.7. The Kier molecular flexibility index (Phi) is 5.82. The molecular weight excluding hydrogens is 440 g/mol. The van der Waals surface area contributed by atoms with Gasteiger partial charge in [0.1, 0.15) is 6.04 Å². The predicted molar refractivity (Wildman–Crippen MR) is 129 cm³/mol. The molecule has 2 heterocycles. The van der Waals surface area contributed by atoms with Gasteiger partial charge in [-0.3, -0.25) is 4.79 Å². The summed E-state index contributed by atoms with van der Waals surface area (Å²) >= 11 is 7.86. The Balaban J connectivity index is 1.50. The number of anilines is 1. The summed E-state index contributed by atoms with van der Waals surface area (Å²) in [5.74, 6) is 2.03. The number of Topliss-reactive ketones (excluding diaryl/α,β-unsaturated/α-hetero) is 1. The number of carbonyl (C=O) groups is 1. The van der Waals surface area contributed by atoms with E-state index in [1.165, 1.54) is 5.56 Å². The lowest BCUT2D eigenvalue weighted by molar-refractivity contribution is -0.116. The van der Waals surface area contributed by atoms with Crippen LogP contribution in [-0.2, 0) is 10.5 Å². The van der Waals surface area contributed by atoms with E-state index in [1.54, 1.807) is 11.8 Å². The molecular formula is C25H25ClN4OS. The summed E-state index contributed by atoms with van der Waals surface area (Å²) in [6.07, 6.45) is 2.31. The Morgan fingerprint density at radius 1 is 1.16 bits per heavy atom. The fourth-order valence-electron chi connectivity index (χ4n) is 4.33. The summed E-state index contributed by atoms with van der Waals surface area (Å²) < 4.78 is 1.88. The lowest BCUT2D eigenvalue weighted by Crippen LogP contribution is -2.31. The van der Waals surface area contributed by atoms with E-state index in [1.807, 2.05) is 28.9 Å². The number of halogens is 1. The van der Waals surface area contributed by atoms with Crippen LogP contribution in [0.25, 0.3) is 0 Å². The van der Waals surface area contributed by atoms with Crippen LogP contribution in [0.15, 0.2) is 65.0 Å². The van der Waals surface area contributed by atoms with Crippen molar-refractivity contribution in [2.45, 2.75) is 56.0 Å². The van der Waals surface area contributed by atoms with Crippen molar-refractivity contribution in [2.24, 2.45) is 0 Å². The first-order chi connectivity index (χ1) is 15.5. The third-order valence-electron chi connectivity index (χ3n) is 6.08. The molecule has 2 aliphatic rings. The second-order valence-electron chi connectivity index (χ2n) is 8.56. The Hall–Kier alpha value is -2.57. The molecule has 1 aromatic heterocycles. The molecule has 32 heavy (non-hydrogen) atoms. The quantitative estimate of drug-likeness (QED) is 0.444. The average Bonchev–Trinajstić information content (AvgIpc) is 3.20. The van der Waals surface area contributed by atoms with Crippen molar-refractivity contribution < 1.29 is 4.79 Å². The molecule has 1 aliphatic carbocycles. The smallest absolute Gasteiger partial charge is 0.227 e. The number of hydrogen-bond acceptors (Lipinski definition) is 5. The number of aromatic nitrogens is 3. The van der Waals surface area contributed by atoms with Crippen LogP contribution in [0.1, 0.15) is 61.8 Å². The second-order valence-corrected chi connectivity index (χ2v) is 9.91. The van der Waals surface area contributed by atoms with Crippen molar-refractivity contribution in [3.05, 3.63) is 81.5 Å². The van der Waals surface area contributed by atoms with Crippen molar-refractivity contribution in [1.29, 1.82) is 0 Å². The lowest BCUT2D eigenvalue weighted by atomic mass is 9.85. The maximum absolute atomic E-state index is 13.0. The van der Waals surface area contributed by atoms with Crippen LogP contribution in [0.2, 0.25) is 5.02 Å². The fraction of sp³-hybridized carbons (Fsp3) is 0.320. The van der Waals surface area contributed by atoms with Crippen LogP contribution in [0.4, 0.5) is 5.95 Å². The van der Waals surface area contributed by atoms with Gasteiger partial charge in [0.05, 0.1) is 0 Å². The highest BCUT2D eigenvalue weighted by Crippen LogP contribution is 2.41. The SMILES string of the molecule is CC(C)c1ccc(C2C3=C(CCCC3=O)Nc3nc(SCc4ccccc4Cl)nn32)cc1. The van der Waals surface area contributed by atoms with Crippen molar-refractivity contribution in [1.82, 2.24) is 14.8 Å². The van der Waals surface area contributed by atoms with E-state index < -0.39 is 0 Å². The lowest BCUT2D eigenvalue weighted by Gasteiger charge is -2.32. The van der Waals surface area contributed by atoms with Crippen molar-refractivity contribution in [2.75, 3.05) is 5.32 Å². The van der Waals surface area contributed by atoms with Crippen LogP contribution in [0.5, 0.6) is 0 Å². The zero-order chi connectivity index (χ0) is 22.2. The highest BCUT2D eigenvalue weighted by Gasteiger charge is 2.36. The molecule has 5 nitrogen and oxygen atoms in total. The predicted octanol–water partition coefficient (Wildman–Crippen LogP) is 6.37. The largest absolute Gasteiger partial charge is 0.328 e. The molecule has 0 radical (unpaired) electrons. The van der Waals surface area contributed by atoms with Crippen LogP contribution < -0.4 is 5.32 Å². The number of fused-ring (bicyclic) bond motifs is 1. The first-order valence-corrected chi connectivity index (χ1v) is 12.3. The molecule has 0 saturated heterocycles. The zero-order valence-electron chi connectivity index (χ0n) is 18.1. The maximum Gasteiger partial charge on any atom is 0.227 e. The van der Waals surface area contributed by atoms with Crippen LogP contribution in [0.3, 0.4) is 0 Å². The van der Waals surface area contributed by atoms with Crippen molar-refractivity contribution in [3.63, 3.8) is 0 Å². The summed E-state index contributed by atoms with van der Waals surface area (Å²) in [4.78, 5) is 17.7. The standard InChI is InChI=1S/C25H25ClN4OS/c1-15(2)16-10-12-17(13-11-16)23-22-20(8-5-9-21(22)31)27-24-28-25(29-30(23)24)32-14-18-6-3-4-7-19(18)26/h3-4,6-7,10-13,15,23H,5,8-9,14H2,1-2H3,(H,27,28,29). The fourth-order valence-corrected chi connectivity index (χ4v) is 5.44. The van der Waals surface area contributed by atoms with Crippen LogP contribution in [0, 0.1) is 0 Å².